The summed E-state index contributed by atoms with van der Waals surface area (Å²) in [5.41, 5.74) is -0.635. The van der Waals surface area contributed by atoms with Crippen LogP contribution in [0.2, 0.25) is 0 Å². The third-order valence-electron chi connectivity index (χ3n) is 2.16. The van der Waals surface area contributed by atoms with Gasteiger partial charge in [-0.15, -0.1) is 0 Å². The molecule has 0 unspecified atom stereocenters. The Hall–Kier alpha value is 0.301. The van der Waals surface area contributed by atoms with E-state index < -0.39 is 37.4 Å². The Balaban J connectivity index is 0.00000324. The first-order valence-electron chi connectivity index (χ1n) is 5.09. The Labute approximate surface area is 149 Å². The van der Waals surface area contributed by atoms with Crippen LogP contribution in [0.25, 0.3) is 0 Å². The number of rotatable bonds is 4. The molecule has 19 heavy (non-hydrogen) atoms. The van der Waals surface area contributed by atoms with Gasteiger partial charge in [0, 0.05) is 0 Å². The number of hydrogen-bond acceptors (Lipinski definition) is 1. The monoisotopic (exact) mass is 310 g/mol. The molecule has 0 amide bonds. The molecule has 0 bridgehead atoms. The Morgan fingerprint density at radius 2 is 1.74 bits per heavy atom. The van der Waals surface area contributed by atoms with E-state index in [1.807, 2.05) is 0 Å². The molecule has 9 heteroatoms. The van der Waals surface area contributed by atoms with Crippen molar-refractivity contribution < 1.29 is 82.2 Å². The van der Waals surface area contributed by atoms with E-state index in [-0.39, 0.29) is 51.4 Å². The minimum Gasteiger partial charge on any atom is -0.496 e. The van der Waals surface area contributed by atoms with Gasteiger partial charge in [0.25, 0.3) is 0 Å². The van der Waals surface area contributed by atoms with Crippen molar-refractivity contribution in [2.45, 2.75) is 19.5 Å². The Morgan fingerprint density at radius 1 is 1.16 bits per heavy atom. The van der Waals surface area contributed by atoms with Crippen molar-refractivity contribution in [2.24, 2.45) is 0 Å². The molecule has 0 aromatic heterocycles. The van der Waals surface area contributed by atoms with Crippen molar-refractivity contribution in [1.29, 1.82) is 0 Å². The maximum Gasteiger partial charge on any atom is 1.00 e. The molecule has 1 aromatic carbocycles. The largest absolute Gasteiger partial charge is 1.00 e. The average molecular weight is 310 g/mol. The van der Waals surface area contributed by atoms with Crippen LogP contribution in [0.4, 0.5) is 26.1 Å². The van der Waals surface area contributed by atoms with E-state index in [2.05, 4.69) is 4.74 Å². The van der Waals surface area contributed by atoms with Crippen molar-refractivity contribution in [2.75, 3.05) is 6.61 Å². The van der Waals surface area contributed by atoms with E-state index in [0.29, 0.717) is 5.56 Å². The number of benzene rings is 1. The van der Waals surface area contributed by atoms with Gasteiger partial charge in [-0.2, -0.15) is 13.2 Å². The van der Waals surface area contributed by atoms with Gasteiger partial charge in [0.1, 0.15) is 0 Å². The molecule has 0 aliphatic carbocycles. The summed E-state index contributed by atoms with van der Waals surface area (Å²) < 4.78 is 78.1. The van der Waals surface area contributed by atoms with Crippen LogP contribution in [0, 0.1) is 6.92 Å². The molecule has 0 atom stereocenters. The van der Waals surface area contributed by atoms with Gasteiger partial charge in [0.15, 0.2) is 0 Å². The van der Waals surface area contributed by atoms with E-state index >= 15 is 0 Å². The number of alkyl halides is 3. The van der Waals surface area contributed by atoms with Crippen LogP contribution < -0.4 is 61.6 Å². The molecule has 102 valence electrons. The van der Waals surface area contributed by atoms with Crippen LogP contribution in [0.15, 0.2) is 18.2 Å². The van der Waals surface area contributed by atoms with E-state index in [4.69, 9.17) is 0 Å². The van der Waals surface area contributed by atoms with Crippen molar-refractivity contribution in [3.8, 4) is 5.75 Å². The first kappa shape index (κ1) is 19.3. The summed E-state index contributed by atoms with van der Waals surface area (Å²) in [6.07, 6.45) is -5.74. The zero-order chi connectivity index (χ0) is 14.0. The molecule has 1 nitrogen and oxygen atoms in total. The van der Waals surface area contributed by atoms with Crippen molar-refractivity contribution in [1.82, 2.24) is 0 Å². The Kier molecular flexibility index (Phi) is 7.47. The second-order valence-electron chi connectivity index (χ2n) is 3.83. The summed E-state index contributed by atoms with van der Waals surface area (Å²) in [5, 5.41) is 0. The van der Waals surface area contributed by atoms with Gasteiger partial charge < -0.3 is 17.7 Å². The molecule has 1 rings (SSSR count). The third-order valence-corrected chi connectivity index (χ3v) is 2.16. The van der Waals surface area contributed by atoms with Gasteiger partial charge in [-0.05, 0) is 13.0 Å². The molecule has 0 N–H and O–H groups in total. The Morgan fingerprint density at radius 3 is 2.21 bits per heavy atom. The van der Waals surface area contributed by atoms with E-state index in [1.165, 1.54) is 13.0 Å². The maximum atomic E-state index is 12.6. The minimum atomic E-state index is -5.31. The molecule has 0 radical (unpaired) electrons. The van der Waals surface area contributed by atoms with Crippen LogP contribution in [-0.2, 0) is 0 Å². The molecule has 0 saturated carbocycles. The first-order valence-corrected chi connectivity index (χ1v) is 5.09. The maximum absolute atomic E-state index is 12.6. The van der Waals surface area contributed by atoms with Crippen LogP contribution >= 0.6 is 0 Å². The predicted octanol–water partition coefficient (Wildman–Crippen LogP) is 0.385. The van der Waals surface area contributed by atoms with Gasteiger partial charge in [-0.25, -0.2) is 0 Å². The van der Waals surface area contributed by atoms with E-state index in [1.54, 1.807) is 0 Å². The fraction of sp³-hybridized carbons (Fsp3) is 0.400. The normalized spacial score (nSPS) is 11.9. The van der Waals surface area contributed by atoms with Crippen molar-refractivity contribution in [3.05, 3.63) is 23.8 Å². The standard InChI is InChI=1S/C10H10BF6O.K/c1-7-2-3-9(8(6-7)11(15,16)17)18-5-4-10(12,13)14;/h2-3,6H,4-5H2,1H3;/q-1;+1. The number of halogens is 6. The first-order chi connectivity index (χ1) is 8.09. The van der Waals surface area contributed by atoms with Gasteiger partial charge in [-0.3, -0.25) is 0 Å². The summed E-state index contributed by atoms with van der Waals surface area (Å²) in [5.74, 6) is -0.558. The molecule has 0 aliphatic rings. The molecular formula is C10H10BF6KO. The Bertz CT molecular complexity index is 417. The second kappa shape index (κ2) is 7.35. The molecular weight excluding hydrogens is 300 g/mol. The van der Waals surface area contributed by atoms with Crippen LogP contribution in [0.5, 0.6) is 5.75 Å². The summed E-state index contributed by atoms with van der Waals surface area (Å²) in [6.45, 7) is -4.67. The topological polar surface area (TPSA) is 9.23 Å². The molecule has 0 fully saturated rings. The quantitative estimate of drug-likeness (QED) is 0.577. The van der Waals surface area contributed by atoms with Crippen LogP contribution in [0.1, 0.15) is 12.0 Å². The molecule has 0 saturated heterocycles. The second-order valence-corrected chi connectivity index (χ2v) is 3.83. The van der Waals surface area contributed by atoms with Crippen molar-refractivity contribution in [3.63, 3.8) is 0 Å². The van der Waals surface area contributed by atoms with Crippen LogP contribution in [-0.4, -0.2) is 19.8 Å². The summed E-state index contributed by atoms with van der Waals surface area (Å²) in [4.78, 5) is 0. The zero-order valence-corrected chi connectivity index (χ0v) is 13.5. The number of ether oxygens (including phenoxy) is 1. The number of hydrogen-bond donors (Lipinski definition) is 0. The van der Waals surface area contributed by atoms with Crippen molar-refractivity contribution >= 4 is 12.4 Å². The molecule has 0 aliphatic heterocycles. The fourth-order valence-corrected chi connectivity index (χ4v) is 1.33. The van der Waals surface area contributed by atoms with Crippen LogP contribution in [0.3, 0.4) is 0 Å². The summed E-state index contributed by atoms with van der Waals surface area (Å²) in [7, 11) is 0. The van der Waals surface area contributed by atoms with Gasteiger partial charge in [0.05, 0.1) is 18.8 Å². The molecule has 0 spiro atoms. The fourth-order valence-electron chi connectivity index (χ4n) is 1.33. The summed E-state index contributed by atoms with van der Waals surface area (Å²) in [6, 6.07) is 3.26. The third kappa shape index (κ3) is 7.03. The smallest absolute Gasteiger partial charge is 0.496 e. The SMILES string of the molecule is Cc1ccc(OCCC(F)(F)F)c([B-](F)(F)F)c1.[K+]. The van der Waals surface area contributed by atoms with E-state index in [0.717, 1.165) is 12.1 Å². The van der Waals surface area contributed by atoms with E-state index in [9.17, 15) is 26.1 Å². The minimum absolute atomic E-state index is 0. The zero-order valence-electron chi connectivity index (χ0n) is 10.4. The van der Waals surface area contributed by atoms with Gasteiger partial charge >= 0.3 is 64.5 Å². The summed E-state index contributed by atoms with van der Waals surface area (Å²) >= 11 is 0. The number of aryl methyl sites for hydroxylation is 1. The average Bonchev–Trinajstić information content (AvgIpc) is 2.17. The molecule has 0 heterocycles. The molecule has 1 aromatic rings. The van der Waals surface area contributed by atoms with Gasteiger partial charge in [0.2, 0.25) is 0 Å². The van der Waals surface area contributed by atoms with Gasteiger partial charge in [-0.1, -0.05) is 23.2 Å². The predicted molar refractivity (Wildman–Crippen MR) is 56.1 cm³/mol.